The van der Waals surface area contributed by atoms with Gasteiger partial charge in [-0.3, -0.25) is 9.69 Å². The number of carbonyl (C=O) groups is 2. The van der Waals surface area contributed by atoms with Crippen molar-refractivity contribution in [2.24, 2.45) is 4.99 Å². The molecular formula is C35H54N6O7S. The van der Waals surface area contributed by atoms with Gasteiger partial charge in [0.15, 0.2) is 0 Å². The van der Waals surface area contributed by atoms with Crippen LogP contribution in [0.5, 0.6) is 0 Å². The zero-order valence-corrected chi connectivity index (χ0v) is 30.3. The SMILES string of the molecule is Cc1cc2c(s1)Nc1ccccc1N=C2N1CCN(CCCNC(=O)CCOCCOCCOCCOCCNC(=O)OC(C)(C)C)CC1. The van der Waals surface area contributed by atoms with Gasteiger partial charge in [0, 0.05) is 50.6 Å². The van der Waals surface area contributed by atoms with E-state index in [-0.39, 0.29) is 5.91 Å². The maximum absolute atomic E-state index is 12.2. The quantitative estimate of drug-likeness (QED) is 0.182. The van der Waals surface area contributed by atoms with Gasteiger partial charge < -0.3 is 44.5 Å². The fraction of sp³-hybridized carbons (Fsp3) is 0.629. The highest BCUT2D eigenvalue weighted by molar-refractivity contribution is 7.16. The number of nitrogens with zero attached hydrogens (tertiary/aromatic N) is 3. The fourth-order valence-electron chi connectivity index (χ4n) is 5.26. The van der Waals surface area contributed by atoms with E-state index in [1.807, 2.05) is 32.9 Å². The second kappa shape index (κ2) is 20.4. The number of fused-ring (bicyclic) bond motifs is 2. The molecule has 1 saturated heterocycles. The van der Waals surface area contributed by atoms with E-state index in [1.54, 1.807) is 11.3 Å². The number of hydrogen-bond acceptors (Lipinski definition) is 12. The zero-order valence-electron chi connectivity index (χ0n) is 29.5. The second-order valence-electron chi connectivity index (χ2n) is 12.8. The van der Waals surface area contributed by atoms with Crippen LogP contribution in [0, 0.1) is 6.92 Å². The van der Waals surface area contributed by atoms with E-state index in [0.29, 0.717) is 72.4 Å². The standard InChI is InChI=1S/C35H54N6O7S/c1-27-26-28-32(38-29-8-5-6-9-30(29)39-33(28)49-27)41-16-14-40(15-17-41)13-7-11-36-31(42)10-18-44-20-22-46-24-25-47-23-21-45-19-12-37-34(43)48-35(2,3)4/h5-6,8-9,26,39H,7,10-25H2,1-4H3,(H,36,42)(H,37,43). The Balaban J connectivity index is 0.945. The first kappa shape index (κ1) is 38.5. The number of hydrogen-bond donors (Lipinski definition) is 3. The minimum absolute atomic E-state index is 0.00380. The lowest BCUT2D eigenvalue weighted by Crippen LogP contribution is -2.49. The number of para-hydroxylation sites is 2. The van der Waals surface area contributed by atoms with Crippen LogP contribution >= 0.6 is 11.3 Å². The second-order valence-corrected chi connectivity index (χ2v) is 14.1. The number of piperazine rings is 1. The Bertz CT molecular complexity index is 1340. The highest BCUT2D eigenvalue weighted by atomic mass is 32.1. The first-order valence-corrected chi connectivity index (χ1v) is 18.1. The van der Waals surface area contributed by atoms with Crippen molar-refractivity contribution in [2.45, 2.75) is 46.1 Å². The van der Waals surface area contributed by atoms with Crippen molar-refractivity contribution in [3.05, 3.63) is 40.8 Å². The van der Waals surface area contributed by atoms with E-state index in [1.165, 1.54) is 10.4 Å². The van der Waals surface area contributed by atoms with Gasteiger partial charge in [0.05, 0.1) is 69.8 Å². The van der Waals surface area contributed by atoms with Crippen molar-refractivity contribution < 1.29 is 33.3 Å². The van der Waals surface area contributed by atoms with Gasteiger partial charge in [0.1, 0.15) is 16.4 Å². The van der Waals surface area contributed by atoms with Gasteiger partial charge >= 0.3 is 6.09 Å². The van der Waals surface area contributed by atoms with Crippen LogP contribution in [0.25, 0.3) is 0 Å². The molecular weight excluding hydrogens is 648 g/mol. The third-order valence-electron chi connectivity index (χ3n) is 7.62. The van der Waals surface area contributed by atoms with Gasteiger partial charge in [0.25, 0.3) is 0 Å². The average Bonchev–Trinajstić information content (AvgIpc) is 3.35. The highest BCUT2D eigenvalue weighted by Gasteiger charge is 2.26. The van der Waals surface area contributed by atoms with Crippen LogP contribution in [0.3, 0.4) is 0 Å². The minimum Gasteiger partial charge on any atom is -0.444 e. The average molecular weight is 703 g/mol. The highest BCUT2D eigenvalue weighted by Crippen LogP contribution is 2.39. The predicted octanol–water partition coefficient (Wildman–Crippen LogP) is 4.30. The minimum atomic E-state index is -0.516. The van der Waals surface area contributed by atoms with Crippen molar-refractivity contribution in [3.63, 3.8) is 0 Å². The van der Waals surface area contributed by atoms with Crippen molar-refractivity contribution in [1.82, 2.24) is 20.4 Å². The van der Waals surface area contributed by atoms with Crippen LogP contribution in [0.15, 0.2) is 35.3 Å². The number of ether oxygens (including phenoxy) is 5. The van der Waals surface area contributed by atoms with E-state index in [0.717, 1.165) is 61.4 Å². The topological polar surface area (TPSA) is 135 Å². The number of amidine groups is 1. The number of amides is 2. The molecule has 49 heavy (non-hydrogen) atoms. The number of rotatable bonds is 19. The Kier molecular flexibility index (Phi) is 16.1. The first-order chi connectivity index (χ1) is 23.7. The molecule has 1 fully saturated rings. The molecule has 4 rings (SSSR count). The fourth-order valence-corrected chi connectivity index (χ4v) is 6.18. The summed E-state index contributed by atoms with van der Waals surface area (Å²) in [5, 5.41) is 10.4. The number of thiophene rings is 1. The van der Waals surface area contributed by atoms with E-state index in [2.05, 4.69) is 50.9 Å². The van der Waals surface area contributed by atoms with Gasteiger partial charge in [-0.1, -0.05) is 12.1 Å². The molecule has 3 N–H and O–H groups in total. The molecule has 1 aromatic heterocycles. The van der Waals surface area contributed by atoms with Crippen molar-refractivity contribution >= 4 is 45.5 Å². The predicted molar refractivity (Wildman–Crippen MR) is 193 cm³/mol. The Hall–Kier alpha value is -3.27. The molecule has 272 valence electrons. The maximum Gasteiger partial charge on any atom is 0.407 e. The Labute approximate surface area is 294 Å². The Morgan fingerprint density at radius 3 is 2.22 bits per heavy atom. The third-order valence-corrected chi connectivity index (χ3v) is 8.59. The number of aryl methyl sites for hydroxylation is 1. The van der Waals surface area contributed by atoms with Crippen LogP contribution in [0.2, 0.25) is 0 Å². The summed E-state index contributed by atoms with van der Waals surface area (Å²) in [6, 6.07) is 10.5. The summed E-state index contributed by atoms with van der Waals surface area (Å²) in [5.74, 6) is 1.05. The van der Waals surface area contributed by atoms with Crippen LogP contribution in [-0.2, 0) is 28.5 Å². The van der Waals surface area contributed by atoms with Gasteiger partial charge in [-0.15, -0.1) is 11.3 Å². The summed E-state index contributed by atoms with van der Waals surface area (Å²) in [6.45, 7) is 16.7. The molecule has 0 atom stereocenters. The largest absolute Gasteiger partial charge is 0.444 e. The molecule has 2 aliphatic rings. The zero-order chi connectivity index (χ0) is 34.9. The smallest absolute Gasteiger partial charge is 0.407 e. The molecule has 2 aliphatic heterocycles. The number of alkyl carbamates (subject to hydrolysis) is 1. The number of aliphatic imine (C=N–C) groups is 1. The number of carbonyl (C=O) groups excluding carboxylic acids is 2. The van der Waals surface area contributed by atoms with E-state index >= 15 is 0 Å². The van der Waals surface area contributed by atoms with Crippen molar-refractivity contribution in [2.75, 3.05) is 104 Å². The summed E-state index contributed by atoms with van der Waals surface area (Å²) in [4.78, 5) is 35.0. The molecule has 1 aromatic carbocycles. The van der Waals surface area contributed by atoms with Crippen LogP contribution in [0.4, 0.5) is 21.2 Å². The summed E-state index contributed by atoms with van der Waals surface area (Å²) >= 11 is 1.77. The lowest BCUT2D eigenvalue weighted by Gasteiger charge is -2.36. The van der Waals surface area contributed by atoms with E-state index in [4.69, 9.17) is 28.7 Å². The molecule has 2 aromatic rings. The monoisotopic (exact) mass is 702 g/mol. The number of nitrogens with one attached hydrogen (secondary N) is 3. The maximum atomic E-state index is 12.2. The molecule has 14 heteroatoms. The summed E-state index contributed by atoms with van der Waals surface area (Å²) < 4.78 is 27.1. The molecule has 0 bridgehead atoms. The van der Waals surface area contributed by atoms with Gasteiger partial charge in [0.2, 0.25) is 5.91 Å². The molecule has 0 saturated carbocycles. The molecule has 2 amide bonds. The first-order valence-electron chi connectivity index (χ1n) is 17.3. The third kappa shape index (κ3) is 14.2. The van der Waals surface area contributed by atoms with Gasteiger partial charge in [-0.25, -0.2) is 9.79 Å². The van der Waals surface area contributed by atoms with E-state index < -0.39 is 11.7 Å². The molecule has 0 radical (unpaired) electrons. The molecule has 3 heterocycles. The summed E-state index contributed by atoms with van der Waals surface area (Å²) in [5.41, 5.74) is 2.68. The molecule has 13 nitrogen and oxygen atoms in total. The van der Waals surface area contributed by atoms with Crippen LogP contribution in [-0.4, -0.2) is 132 Å². The number of anilines is 2. The normalized spacial score (nSPS) is 14.7. The molecule has 0 spiro atoms. The van der Waals surface area contributed by atoms with Gasteiger partial charge in [-0.2, -0.15) is 0 Å². The lowest BCUT2D eigenvalue weighted by molar-refractivity contribution is -0.122. The number of benzene rings is 1. The Morgan fingerprint density at radius 2 is 1.53 bits per heavy atom. The van der Waals surface area contributed by atoms with E-state index in [9.17, 15) is 9.59 Å². The van der Waals surface area contributed by atoms with Gasteiger partial charge in [-0.05, 0) is 58.9 Å². The van der Waals surface area contributed by atoms with Crippen molar-refractivity contribution in [3.8, 4) is 0 Å². The van der Waals surface area contributed by atoms with Crippen LogP contribution < -0.4 is 16.0 Å². The lowest BCUT2D eigenvalue weighted by atomic mass is 10.2. The molecule has 0 unspecified atom stereocenters. The molecule has 0 aliphatic carbocycles. The summed E-state index contributed by atoms with van der Waals surface area (Å²) in [7, 11) is 0. The summed E-state index contributed by atoms with van der Waals surface area (Å²) in [6.07, 6.45) is 0.786. The van der Waals surface area contributed by atoms with Crippen LogP contribution in [0.1, 0.15) is 44.1 Å². The Morgan fingerprint density at radius 1 is 0.878 bits per heavy atom. The van der Waals surface area contributed by atoms with Crippen molar-refractivity contribution in [1.29, 1.82) is 0 Å².